The zero-order valence-corrected chi connectivity index (χ0v) is 18.9. The highest BCUT2D eigenvalue weighted by Gasteiger charge is 2.34. The molecule has 2 heterocycles. The standard InChI is InChI=1S/C29H26N4/c1-31(2)23-18-16-22(17-19-23)29-32(20-21-10-4-3-5-11-21)26-14-8-6-12-24(26)28-30-25-13-7-9-15-27(25)33(28)29/h3-19,29H,20H2,1-2H3/t29-/m0/s1. The van der Waals surface area contributed by atoms with E-state index in [1.165, 1.54) is 28.1 Å². The number of aromatic nitrogens is 2. The Kier molecular flexibility index (Phi) is 4.65. The van der Waals surface area contributed by atoms with E-state index in [4.69, 9.17) is 4.98 Å². The molecule has 5 aromatic rings. The second-order valence-corrected chi connectivity index (χ2v) is 8.78. The van der Waals surface area contributed by atoms with E-state index in [0.29, 0.717) is 0 Å². The molecular formula is C29H26N4. The molecule has 1 aromatic heterocycles. The van der Waals surface area contributed by atoms with Gasteiger partial charge in [0.2, 0.25) is 0 Å². The van der Waals surface area contributed by atoms with Crippen LogP contribution < -0.4 is 9.80 Å². The molecule has 0 aliphatic carbocycles. The molecule has 4 heteroatoms. The van der Waals surface area contributed by atoms with Gasteiger partial charge in [-0.2, -0.15) is 0 Å². The van der Waals surface area contributed by atoms with Gasteiger partial charge in [-0.25, -0.2) is 4.98 Å². The second kappa shape index (κ2) is 7.82. The summed E-state index contributed by atoms with van der Waals surface area (Å²) in [5, 5.41) is 0. The first-order valence-electron chi connectivity index (χ1n) is 11.3. The molecule has 4 nitrogen and oxygen atoms in total. The molecular weight excluding hydrogens is 404 g/mol. The maximum absolute atomic E-state index is 5.09. The lowest BCUT2D eigenvalue weighted by Gasteiger charge is -2.40. The molecule has 4 aromatic carbocycles. The molecule has 0 spiro atoms. The number of hydrogen-bond donors (Lipinski definition) is 0. The van der Waals surface area contributed by atoms with E-state index in [1.54, 1.807) is 0 Å². The van der Waals surface area contributed by atoms with Crippen LogP contribution in [0.5, 0.6) is 0 Å². The Bertz CT molecular complexity index is 1420. The fraction of sp³-hybridized carbons (Fsp3) is 0.138. The summed E-state index contributed by atoms with van der Waals surface area (Å²) in [6.45, 7) is 0.809. The number of benzene rings is 4. The van der Waals surface area contributed by atoms with Gasteiger partial charge in [0.05, 0.1) is 11.0 Å². The Morgan fingerprint density at radius 1 is 0.758 bits per heavy atom. The van der Waals surface area contributed by atoms with Gasteiger partial charge >= 0.3 is 0 Å². The molecule has 0 saturated carbocycles. The number of nitrogens with zero attached hydrogens (tertiary/aromatic N) is 4. The molecule has 1 atom stereocenters. The van der Waals surface area contributed by atoms with E-state index < -0.39 is 0 Å². The van der Waals surface area contributed by atoms with Crippen molar-refractivity contribution in [2.45, 2.75) is 12.7 Å². The van der Waals surface area contributed by atoms with Crippen molar-refractivity contribution in [1.29, 1.82) is 0 Å². The van der Waals surface area contributed by atoms with Gasteiger partial charge in [-0.1, -0.05) is 66.7 Å². The molecule has 0 radical (unpaired) electrons. The van der Waals surface area contributed by atoms with E-state index in [9.17, 15) is 0 Å². The maximum Gasteiger partial charge on any atom is 0.145 e. The van der Waals surface area contributed by atoms with Crippen molar-refractivity contribution in [3.05, 3.63) is 114 Å². The van der Waals surface area contributed by atoms with Gasteiger partial charge in [-0.3, -0.25) is 4.57 Å². The molecule has 0 amide bonds. The predicted molar refractivity (Wildman–Crippen MR) is 137 cm³/mol. The Labute approximate surface area is 194 Å². The number of rotatable bonds is 4. The molecule has 1 aliphatic rings. The van der Waals surface area contributed by atoms with Crippen molar-refractivity contribution >= 4 is 22.4 Å². The number of imidazole rings is 1. The summed E-state index contributed by atoms with van der Waals surface area (Å²) in [6, 6.07) is 36.7. The summed E-state index contributed by atoms with van der Waals surface area (Å²) in [7, 11) is 4.16. The van der Waals surface area contributed by atoms with Gasteiger partial charge in [0.1, 0.15) is 12.0 Å². The minimum Gasteiger partial charge on any atom is -0.378 e. The smallest absolute Gasteiger partial charge is 0.145 e. The molecule has 1 aliphatic heterocycles. The van der Waals surface area contributed by atoms with Gasteiger partial charge in [0, 0.05) is 37.6 Å². The van der Waals surface area contributed by atoms with Crippen molar-refractivity contribution in [1.82, 2.24) is 9.55 Å². The fourth-order valence-electron chi connectivity index (χ4n) is 4.89. The largest absolute Gasteiger partial charge is 0.378 e. The monoisotopic (exact) mass is 430 g/mol. The van der Waals surface area contributed by atoms with Gasteiger partial charge < -0.3 is 9.80 Å². The van der Waals surface area contributed by atoms with Gasteiger partial charge in [0.25, 0.3) is 0 Å². The Balaban J connectivity index is 1.61. The number of fused-ring (bicyclic) bond motifs is 5. The third-order valence-corrected chi connectivity index (χ3v) is 6.49. The molecule has 0 N–H and O–H groups in total. The van der Waals surface area contributed by atoms with Gasteiger partial charge in [-0.15, -0.1) is 0 Å². The summed E-state index contributed by atoms with van der Waals surface area (Å²) in [6.07, 6.45) is -0.00119. The molecule has 0 fully saturated rings. The first-order valence-corrected chi connectivity index (χ1v) is 11.3. The van der Waals surface area contributed by atoms with Crippen LogP contribution in [0.3, 0.4) is 0 Å². The Morgan fingerprint density at radius 3 is 2.24 bits per heavy atom. The predicted octanol–water partition coefficient (Wildman–Crippen LogP) is 6.34. The minimum absolute atomic E-state index is 0.00119. The quantitative estimate of drug-likeness (QED) is 0.333. The number of para-hydroxylation sites is 3. The number of anilines is 2. The number of hydrogen-bond acceptors (Lipinski definition) is 3. The zero-order chi connectivity index (χ0) is 22.4. The van der Waals surface area contributed by atoms with Crippen LogP contribution in [0, 0.1) is 0 Å². The van der Waals surface area contributed by atoms with Gasteiger partial charge in [-0.05, 0) is 47.5 Å². The van der Waals surface area contributed by atoms with E-state index in [-0.39, 0.29) is 6.17 Å². The highest BCUT2D eigenvalue weighted by atomic mass is 15.3. The van der Waals surface area contributed by atoms with Crippen LogP contribution in [0.4, 0.5) is 11.4 Å². The average molecular weight is 431 g/mol. The van der Waals surface area contributed by atoms with E-state index in [2.05, 4.69) is 132 Å². The first-order chi connectivity index (χ1) is 16.2. The fourth-order valence-corrected chi connectivity index (χ4v) is 4.89. The molecule has 0 bridgehead atoms. The van der Waals surface area contributed by atoms with Crippen LogP contribution in [-0.2, 0) is 6.54 Å². The van der Waals surface area contributed by atoms with Crippen molar-refractivity contribution < 1.29 is 0 Å². The van der Waals surface area contributed by atoms with E-state index >= 15 is 0 Å². The van der Waals surface area contributed by atoms with Crippen LogP contribution in [0.2, 0.25) is 0 Å². The molecule has 33 heavy (non-hydrogen) atoms. The topological polar surface area (TPSA) is 24.3 Å². The van der Waals surface area contributed by atoms with Crippen LogP contribution in [0.15, 0.2) is 103 Å². The van der Waals surface area contributed by atoms with E-state index in [1.807, 2.05) is 0 Å². The summed E-state index contributed by atoms with van der Waals surface area (Å²) in [4.78, 5) is 9.73. The Hall–Kier alpha value is -4.05. The van der Waals surface area contributed by atoms with Gasteiger partial charge in [0.15, 0.2) is 0 Å². The minimum atomic E-state index is -0.00119. The third kappa shape index (κ3) is 3.26. The van der Waals surface area contributed by atoms with Crippen molar-refractivity contribution in [2.24, 2.45) is 0 Å². The molecule has 0 unspecified atom stereocenters. The SMILES string of the molecule is CN(C)c1ccc([C@H]2N(Cc3ccccc3)c3ccccc3-c3nc4ccccc4n32)cc1. The lowest BCUT2D eigenvalue weighted by Crippen LogP contribution is -2.36. The van der Waals surface area contributed by atoms with Crippen LogP contribution in [0.1, 0.15) is 17.3 Å². The lowest BCUT2D eigenvalue weighted by molar-refractivity contribution is 0.543. The highest BCUT2D eigenvalue weighted by molar-refractivity contribution is 5.87. The van der Waals surface area contributed by atoms with E-state index in [0.717, 1.165) is 23.4 Å². The third-order valence-electron chi connectivity index (χ3n) is 6.49. The van der Waals surface area contributed by atoms with Crippen LogP contribution >= 0.6 is 0 Å². The van der Waals surface area contributed by atoms with Crippen molar-refractivity contribution in [2.75, 3.05) is 23.9 Å². The first kappa shape index (κ1) is 19.6. The highest BCUT2D eigenvalue weighted by Crippen LogP contribution is 2.45. The lowest BCUT2D eigenvalue weighted by atomic mass is 10.0. The zero-order valence-electron chi connectivity index (χ0n) is 18.9. The summed E-state index contributed by atoms with van der Waals surface area (Å²) >= 11 is 0. The molecule has 162 valence electrons. The van der Waals surface area contributed by atoms with Crippen LogP contribution in [0.25, 0.3) is 22.4 Å². The molecule has 6 rings (SSSR count). The normalized spacial score (nSPS) is 14.7. The summed E-state index contributed by atoms with van der Waals surface area (Å²) in [5.41, 5.74) is 8.29. The summed E-state index contributed by atoms with van der Waals surface area (Å²) in [5.74, 6) is 1.03. The Morgan fingerprint density at radius 2 is 1.45 bits per heavy atom. The van der Waals surface area contributed by atoms with Crippen LogP contribution in [-0.4, -0.2) is 23.6 Å². The molecule has 0 saturated heterocycles. The van der Waals surface area contributed by atoms with Crippen molar-refractivity contribution in [3.63, 3.8) is 0 Å². The maximum atomic E-state index is 5.09. The average Bonchev–Trinajstić information content (AvgIpc) is 3.25. The summed E-state index contributed by atoms with van der Waals surface area (Å²) < 4.78 is 2.41. The van der Waals surface area contributed by atoms with Crippen molar-refractivity contribution in [3.8, 4) is 11.4 Å². The second-order valence-electron chi connectivity index (χ2n) is 8.78.